The van der Waals surface area contributed by atoms with Crippen molar-refractivity contribution in [3.05, 3.63) is 82.9 Å². The Kier molecular flexibility index (Phi) is 6.41. The van der Waals surface area contributed by atoms with Crippen LogP contribution in [0.1, 0.15) is 46.3 Å². The van der Waals surface area contributed by atoms with Gasteiger partial charge in [-0.3, -0.25) is 9.36 Å². The second-order valence-corrected chi connectivity index (χ2v) is 7.41. The van der Waals surface area contributed by atoms with Gasteiger partial charge in [0.05, 0.1) is 17.8 Å². The molecular weight excluding hydrogens is 391 g/mol. The maximum Gasteiger partial charge on any atom is 0.416 e. The van der Waals surface area contributed by atoms with Crippen LogP contribution in [0.5, 0.6) is 0 Å². The molecule has 0 atom stereocenters. The van der Waals surface area contributed by atoms with Crippen LogP contribution in [-0.2, 0) is 19.1 Å². The molecule has 4 nitrogen and oxygen atoms in total. The molecule has 30 heavy (non-hydrogen) atoms. The predicted molar refractivity (Wildman–Crippen MR) is 110 cm³/mol. The third-order valence-corrected chi connectivity index (χ3v) is 4.72. The van der Waals surface area contributed by atoms with E-state index in [1.807, 2.05) is 30.5 Å². The molecule has 2 aromatic carbocycles. The number of carbonyl (C=O) groups excluding carboxylic acids is 1. The van der Waals surface area contributed by atoms with E-state index < -0.39 is 17.5 Å². The fraction of sp³-hybridized carbons (Fsp3) is 0.304. The molecule has 3 aromatic rings. The Bertz CT molecular complexity index is 1020. The van der Waals surface area contributed by atoms with Gasteiger partial charge in [0.2, 0.25) is 0 Å². The molecule has 0 bridgehead atoms. The zero-order valence-corrected chi connectivity index (χ0v) is 17.2. The van der Waals surface area contributed by atoms with E-state index in [-0.39, 0.29) is 5.56 Å². The smallest absolute Gasteiger partial charge is 0.302 e. The van der Waals surface area contributed by atoms with E-state index in [0.29, 0.717) is 30.0 Å². The van der Waals surface area contributed by atoms with Gasteiger partial charge in [0, 0.05) is 23.0 Å². The summed E-state index contributed by atoms with van der Waals surface area (Å²) in [4.78, 5) is 19.6. The second-order valence-electron chi connectivity index (χ2n) is 7.41. The number of carbonyl (C=O) groups is 1. The van der Waals surface area contributed by atoms with Gasteiger partial charge in [0.15, 0.2) is 5.78 Å². The van der Waals surface area contributed by atoms with Crippen molar-refractivity contribution in [2.24, 2.45) is 0 Å². The molecule has 158 valence electrons. The summed E-state index contributed by atoms with van der Waals surface area (Å²) < 4.78 is 42.1. The van der Waals surface area contributed by atoms with Gasteiger partial charge < -0.3 is 4.90 Å². The standard InChI is InChI=1S/C23H24F3N3O/c1-4-8-18-14-27-21(15-28(2)3)29(18)20-12-11-17(23(24,25)26)13-19(20)22(30)16-9-6-5-7-10-16/h5-7,9-14H,4,8,15H2,1-3H3. The number of imidazole rings is 1. The lowest BCUT2D eigenvalue weighted by Gasteiger charge is -2.19. The van der Waals surface area contributed by atoms with Crippen LogP contribution in [0.2, 0.25) is 0 Å². The van der Waals surface area contributed by atoms with Crippen LogP contribution < -0.4 is 0 Å². The van der Waals surface area contributed by atoms with Gasteiger partial charge in [0.25, 0.3) is 0 Å². The molecule has 0 saturated carbocycles. The average molecular weight is 415 g/mol. The van der Waals surface area contributed by atoms with Crippen LogP contribution in [0.15, 0.2) is 54.7 Å². The number of halogens is 3. The molecule has 0 aliphatic heterocycles. The fourth-order valence-corrected chi connectivity index (χ4v) is 3.39. The Labute approximate surface area is 174 Å². The quantitative estimate of drug-likeness (QED) is 0.502. The van der Waals surface area contributed by atoms with Crippen molar-refractivity contribution in [2.75, 3.05) is 14.1 Å². The summed E-state index contributed by atoms with van der Waals surface area (Å²) in [5.74, 6) is 0.217. The number of aromatic nitrogens is 2. The lowest BCUT2D eigenvalue weighted by atomic mass is 9.98. The molecule has 7 heteroatoms. The molecule has 1 heterocycles. The van der Waals surface area contributed by atoms with Crippen LogP contribution in [0.3, 0.4) is 0 Å². The number of aryl methyl sites for hydroxylation is 1. The van der Waals surface area contributed by atoms with Crippen LogP contribution >= 0.6 is 0 Å². The summed E-state index contributed by atoms with van der Waals surface area (Å²) in [7, 11) is 3.78. The number of hydrogen-bond acceptors (Lipinski definition) is 3. The zero-order valence-electron chi connectivity index (χ0n) is 17.2. The first kappa shape index (κ1) is 21.8. The van der Waals surface area contributed by atoms with Crippen molar-refractivity contribution < 1.29 is 18.0 Å². The van der Waals surface area contributed by atoms with Gasteiger partial charge in [-0.2, -0.15) is 13.2 Å². The first-order valence-corrected chi connectivity index (χ1v) is 9.74. The lowest BCUT2D eigenvalue weighted by Crippen LogP contribution is -2.18. The summed E-state index contributed by atoms with van der Waals surface area (Å²) in [6, 6.07) is 11.7. The third-order valence-electron chi connectivity index (χ3n) is 4.72. The summed E-state index contributed by atoms with van der Waals surface area (Å²) in [5, 5.41) is 0. The number of ketones is 1. The highest BCUT2D eigenvalue weighted by Gasteiger charge is 2.32. The van der Waals surface area contributed by atoms with Crippen molar-refractivity contribution in [3.63, 3.8) is 0 Å². The van der Waals surface area contributed by atoms with Crippen molar-refractivity contribution in [1.82, 2.24) is 14.5 Å². The van der Waals surface area contributed by atoms with Gasteiger partial charge in [0.1, 0.15) is 5.82 Å². The SMILES string of the molecule is CCCc1cnc(CN(C)C)n1-c1ccc(C(F)(F)F)cc1C(=O)c1ccccc1. The largest absolute Gasteiger partial charge is 0.416 e. The van der Waals surface area contributed by atoms with Gasteiger partial charge in [-0.1, -0.05) is 43.7 Å². The topological polar surface area (TPSA) is 38.1 Å². The Balaban J connectivity index is 2.25. The summed E-state index contributed by atoms with van der Waals surface area (Å²) in [5.41, 5.74) is 0.762. The Hall–Kier alpha value is -2.93. The molecule has 0 aliphatic rings. The van der Waals surface area contributed by atoms with E-state index >= 15 is 0 Å². The van der Waals surface area contributed by atoms with E-state index in [9.17, 15) is 18.0 Å². The Morgan fingerprint density at radius 2 is 1.80 bits per heavy atom. The molecule has 0 aliphatic carbocycles. The Morgan fingerprint density at radius 1 is 1.10 bits per heavy atom. The number of rotatable bonds is 7. The third kappa shape index (κ3) is 4.62. The average Bonchev–Trinajstić information content (AvgIpc) is 3.08. The van der Waals surface area contributed by atoms with Crippen LogP contribution in [0.25, 0.3) is 5.69 Å². The van der Waals surface area contributed by atoms with Crippen LogP contribution in [0.4, 0.5) is 13.2 Å². The normalized spacial score (nSPS) is 11.8. The molecule has 0 unspecified atom stereocenters. The minimum Gasteiger partial charge on any atom is -0.302 e. The molecule has 1 aromatic heterocycles. The fourth-order valence-electron chi connectivity index (χ4n) is 3.39. The van der Waals surface area contributed by atoms with Crippen LogP contribution in [-0.4, -0.2) is 34.3 Å². The molecular formula is C23H24F3N3O. The van der Waals surface area contributed by atoms with E-state index in [4.69, 9.17) is 0 Å². The number of alkyl halides is 3. The second kappa shape index (κ2) is 8.83. The molecule has 0 amide bonds. The number of benzene rings is 2. The summed E-state index contributed by atoms with van der Waals surface area (Å²) in [6.07, 6.45) is -1.27. The summed E-state index contributed by atoms with van der Waals surface area (Å²) in [6.45, 7) is 2.51. The number of hydrogen-bond donors (Lipinski definition) is 0. The first-order valence-electron chi connectivity index (χ1n) is 9.74. The zero-order chi connectivity index (χ0) is 21.9. The van der Waals surface area contributed by atoms with Crippen molar-refractivity contribution >= 4 is 5.78 Å². The minimum absolute atomic E-state index is 0.00591. The Morgan fingerprint density at radius 3 is 2.40 bits per heavy atom. The predicted octanol–water partition coefficient (Wildman–Crippen LogP) is 5.14. The maximum atomic E-state index is 13.4. The van der Waals surface area contributed by atoms with Gasteiger partial charge >= 0.3 is 6.18 Å². The minimum atomic E-state index is -4.54. The highest BCUT2D eigenvalue weighted by Crippen LogP contribution is 2.33. The molecule has 0 N–H and O–H groups in total. The van der Waals surface area contributed by atoms with E-state index in [1.54, 1.807) is 36.5 Å². The highest BCUT2D eigenvalue weighted by molar-refractivity contribution is 6.11. The van der Waals surface area contributed by atoms with Gasteiger partial charge in [-0.15, -0.1) is 0 Å². The molecule has 0 fully saturated rings. The first-order chi connectivity index (χ1) is 14.2. The highest BCUT2D eigenvalue weighted by atomic mass is 19.4. The van der Waals surface area contributed by atoms with Gasteiger partial charge in [-0.25, -0.2) is 4.98 Å². The molecule has 3 rings (SSSR count). The summed E-state index contributed by atoms with van der Waals surface area (Å²) >= 11 is 0. The van der Waals surface area contributed by atoms with E-state index in [1.165, 1.54) is 6.07 Å². The molecule has 0 saturated heterocycles. The lowest BCUT2D eigenvalue weighted by molar-refractivity contribution is -0.137. The number of nitrogens with zero attached hydrogens (tertiary/aromatic N) is 3. The van der Waals surface area contributed by atoms with Crippen LogP contribution in [0, 0.1) is 0 Å². The van der Waals surface area contributed by atoms with Gasteiger partial charge in [-0.05, 0) is 38.7 Å². The van der Waals surface area contributed by atoms with E-state index in [2.05, 4.69) is 4.98 Å². The van der Waals surface area contributed by atoms with Crippen molar-refractivity contribution in [2.45, 2.75) is 32.5 Å². The van der Waals surface area contributed by atoms with Crippen molar-refractivity contribution in [3.8, 4) is 5.69 Å². The molecule has 0 spiro atoms. The monoisotopic (exact) mass is 415 g/mol. The van der Waals surface area contributed by atoms with E-state index in [0.717, 1.165) is 24.2 Å². The van der Waals surface area contributed by atoms with Crippen molar-refractivity contribution in [1.29, 1.82) is 0 Å². The maximum absolute atomic E-state index is 13.4. The molecule has 0 radical (unpaired) electrons.